The van der Waals surface area contributed by atoms with E-state index in [0.717, 1.165) is 31.2 Å². The maximum atomic E-state index is 14.1. The molecule has 0 spiro atoms. The average Bonchev–Trinajstić information content (AvgIpc) is 3.37. The summed E-state index contributed by atoms with van der Waals surface area (Å²) in [7, 11) is 0. The number of benzene rings is 2. The summed E-state index contributed by atoms with van der Waals surface area (Å²) < 4.78 is 6.98. The molecule has 1 aliphatic rings. The minimum atomic E-state index is -1.16. The van der Waals surface area contributed by atoms with Gasteiger partial charge in [0.15, 0.2) is 5.69 Å². The van der Waals surface area contributed by atoms with Gasteiger partial charge in [-0.1, -0.05) is 51.0 Å². The largest absolute Gasteiger partial charge is 0.478 e. The second-order valence-corrected chi connectivity index (χ2v) is 12.9. The van der Waals surface area contributed by atoms with E-state index in [4.69, 9.17) is 9.84 Å². The van der Waals surface area contributed by atoms with E-state index in [1.54, 1.807) is 43.6 Å². The Morgan fingerprint density at radius 3 is 2.28 bits per heavy atom. The van der Waals surface area contributed by atoms with E-state index in [1.807, 2.05) is 18.2 Å². The third-order valence-electron chi connectivity index (χ3n) is 8.13. The number of ether oxygens (including phenoxy) is 1. The molecule has 0 atom stereocenters. The van der Waals surface area contributed by atoms with E-state index < -0.39 is 17.5 Å². The van der Waals surface area contributed by atoms with Gasteiger partial charge in [0.05, 0.1) is 16.8 Å². The van der Waals surface area contributed by atoms with Crippen LogP contribution in [0.3, 0.4) is 0 Å². The maximum absolute atomic E-state index is 14.1. The molecule has 1 aliphatic heterocycles. The first kappa shape index (κ1) is 35.1. The lowest BCUT2D eigenvalue weighted by Crippen LogP contribution is -2.36. The first-order chi connectivity index (χ1) is 22.3. The number of fused-ring (bicyclic) bond motifs is 1. The van der Waals surface area contributed by atoms with Crippen molar-refractivity contribution < 1.29 is 29.0 Å². The number of hydrogen-bond acceptors (Lipinski definition) is 6. The lowest BCUT2D eigenvalue weighted by Gasteiger charge is -2.29. The van der Waals surface area contributed by atoms with Crippen molar-refractivity contribution >= 4 is 29.8 Å². The summed E-state index contributed by atoms with van der Waals surface area (Å²) in [5, 5.41) is 14.6. The molecule has 3 aromatic rings. The number of nitrogens with zero attached hydrogens (tertiary/aromatic N) is 4. The predicted octanol–water partition coefficient (Wildman–Crippen LogP) is 6.47. The highest BCUT2D eigenvalue weighted by atomic mass is 16.6. The molecule has 0 saturated carbocycles. The fraction of sp³-hybridized carbons (Fsp3) is 0.432. The maximum Gasteiger partial charge on any atom is 0.335 e. The van der Waals surface area contributed by atoms with Gasteiger partial charge in [-0.25, -0.2) is 14.3 Å². The summed E-state index contributed by atoms with van der Waals surface area (Å²) in [5.41, 5.74) is 3.06. The van der Waals surface area contributed by atoms with Gasteiger partial charge >= 0.3 is 11.9 Å². The molecule has 2 amide bonds. The van der Waals surface area contributed by atoms with Crippen molar-refractivity contribution in [3.05, 3.63) is 87.7 Å². The van der Waals surface area contributed by atoms with Gasteiger partial charge in [0, 0.05) is 43.5 Å². The van der Waals surface area contributed by atoms with Crippen LogP contribution in [0, 0.1) is 6.92 Å². The van der Waals surface area contributed by atoms with Crippen LogP contribution in [0.2, 0.25) is 0 Å². The Hall–Kier alpha value is -4.73. The van der Waals surface area contributed by atoms with Crippen molar-refractivity contribution in [2.45, 2.75) is 85.8 Å². The average molecular weight is 643 g/mol. The molecule has 10 nitrogen and oxygen atoms in total. The van der Waals surface area contributed by atoms with Crippen LogP contribution in [0.15, 0.2) is 48.5 Å². The summed E-state index contributed by atoms with van der Waals surface area (Å²) in [6.45, 7) is 13.2. The molecular weight excluding hydrogens is 596 g/mol. The minimum absolute atomic E-state index is 0.0361. The molecule has 1 N–H and O–H groups in total. The van der Waals surface area contributed by atoms with Crippen molar-refractivity contribution in [1.82, 2.24) is 19.6 Å². The standard InChI is InChI=1S/C37H46N4O6/c1-7-9-20-39(21-10-8-2)35(44)33-29(16-18-32(42)47-37(4,5)6)25(3)41(38-33)31-17-15-27(36(45)46)23-30(31)34(43)40-22-19-26-13-11-12-14-28(26)24-40/h11-18,23H,7-10,19-22,24H2,1-6H3,(H,45,46)/b18-16+. The van der Waals surface area contributed by atoms with Gasteiger partial charge in [0.1, 0.15) is 5.60 Å². The number of aromatic carboxylic acids is 1. The van der Waals surface area contributed by atoms with Crippen LogP contribution >= 0.6 is 0 Å². The first-order valence-electron chi connectivity index (χ1n) is 16.4. The van der Waals surface area contributed by atoms with Crippen molar-refractivity contribution in [3.63, 3.8) is 0 Å². The fourth-order valence-electron chi connectivity index (χ4n) is 5.62. The van der Waals surface area contributed by atoms with Crippen LogP contribution in [-0.2, 0) is 22.5 Å². The first-order valence-corrected chi connectivity index (χ1v) is 16.4. The summed E-state index contributed by atoms with van der Waals surface area (Å²) in [4.78, 5) is 56.5. The lowest BCUT2D eigenvalue weighted by molar-refractivity contribution is -0.148. The summed E-state index contributed by atoms with van der Waals surface area (Å²) in [5.74, 6) is -2.34. The minimum Gasteiger partial charge on any atom is -0.478 e. The molecule has 0 bridgehead atoms. The monoisotopic (exact) mass is 642 g/mol. The Kier molecular flexibility index (Phi) is 11.4. The smallest absolute Gasteiger partial charge is 0.335 e. The van der Waals surface area contributed by atoms with Crippen LogP contribution in [0.1, 0.15) is 114 Å². The van der Waals surface area contributed by atoms with Crippen LogP contribution in [0.5, 0.6) is 0 Å². The molecule has 2 heterocycles. The highest BCUT2D eigenvalue weighted by Gasteiger charge is 2.29. The molecule has 0 radical (unpaired) electrons. The fourth-order valence-corrected chi connectivity index (χ4v) is 5.62. The number of aromatic nitrogens is 2. The Bertz CT molecular complexity index is 1660. The van der Waals surface area contributed by atoms with Crippen LogP contribution in [0.4, 0.5) is 0 Å². The molecule has 2 aromatic carbocycles. The third-order valence-corrected chi connectivity index (χ3v) is 8.13. The zero-order valence-electron chi connectivity index (χ0n) is 28.3. The number of carbonyl (C=O) groups is 4. The number of esters is 1. The third kappa shape index (κ3) is 8.55. The number of carboxylic acids is 1. The molecule has 4 rings (SSSR count). The molecule has 0 unspecified atom stereocenters. The van der Waals surface area contributed by atoms with Gasteiger partial charge in [0.25, 0.3) is 11.8 Å². The second kappa shape index (κ2) is 15.2. The van der Waals surface area contributed by atoms with Gasteiger partial charge in [-0.05, 0) is 82.4 Å². The highest BCUT2D eigenvalue weighted by Crippen LogP contribution is 2.28. The van der Waals surface area contributed by atoms with E-state index >= 15 is 0 Å². The number of carbonyl (C=O) groups excluding carboxylic acids is 3. The van der Waals surface area contributed by atoms with Gasteiger partial charge in [-0.3, -0.25) is 9.59 Å². The van der Waals surface area contributed by atoms with E-state index in [1.165, 1.54) is 34.5 Å². The van der Waals surface area contributed by atoms with Gasteiger partial charge in [-0.2, -0.15) is 5.10 Å². The molecule has 10 heteroatoms. The molecule has 0 saturated heterocycles. The molecular formula is C37H46N4O6. The molecule has 0 aliphatic carbocycles. The summed E-state index contributed by atoms with van der Waals surface area (Å²) in [6.07, 6.45) is 6.98. The van der Waals surface area contributed by atoms with Crippen LogP contribution in [-0.4, -0.2) is 73.7 Å². The predicted molar refractivity (Wildman–Crippen MR) is 181 cm³/mol. The molecule has 250 valence electrons. The molecule has 1 aromatic heterocycles. The van der Waals surface area contributed by atoms with Crippen LogP contribution < -0.4 is 0 Å². The van der Waals surface area contributed by atoms with E-state index in [9.17, 15) is 24.3 Å². The highest BCUT2D eigenvalue weighted by molar-refractivity contribution is 6.01. The number of rotatable bonds is 12. The van der Waals surface area contributed by atoms with Crippen molar-refractivity contribution in [2.24, 2.45) is 0 Å². The zero-order valence-corrected chi connectivity index (χ0v) is 28.3. The van der Waals surface area contributed by atoms with Crippen molar-refractivity contribution in [2.75, 3.05) is 19.6 Å². The van der Waals surface area contributed by atoms with Gasteiger partial charge < -0.3 is 19.6 Å². The van der Waals surface area contributed by atoms with Gasteiger partial charge in [0.2, 0.25) is 0 Å². The van der Waals surface area contributed by atoms with E-state index in [0.29, 0.717) is 49.5 Å². The Balaban J connectivity index is 1.84. The van der Waals surface area contributed by atoms with E-state index in [2.05, 4.69) is 19.9 Å². The normalized spacial score (nSPS) is 13.0. The molecule has 47 heavy (non-hydrogen) atoms. The quantitative estimate of drug-likeness (QED) is 0.177. The number of unbranched alkanes of at least 4 members (excludes halogenated alkanes) is 2. The van der Waals surface area contributed by atoms with Crippen molar-refractivity contribution in [1.29, 1.82) is 0 Å². The number of hydrogen-bond donors (Lipinski definition) is 1. The number of carboxylic acid groups (broad SMARTS) is 1. The van der Waals surface area contributed by atoms with Crippen LogP contribution in [0.25, 0.3) is 11.8 Å². The Labute approximate surface area is 277 Å². The molecule has 0 fully saturated rings. The zero-order chi connectivity index (χ0) is 34.3. The Morgan fingerprint density at radius 2 is 1.66 bits per heavy atom. The summed E-state index contributed by atoms with van der Waals surface area (Å²) in [6, 6.07) is 12.3. The van der Waals surface area contributed by atoms with E-state index in [-0.39, 0.29) is 28.6 Å². The topological polar surface area (TPSA) is 122 Å². The number of amides is 2. The second-order valence-electron chi connectivity index (χ2n) is 12.9. The summed E-state index contributed by atoms with van der Waals surface area (Å²) >= 11 is 0. The Morgan fingerprint density at radius 1 is 1.00 bits per heavy atom. The lowest BCUT2D eigenvalue weighted by atomic mass is 9.98. The SMILES string of the molecule is CCCCN(CCCC)C(=O)c1nn(-c2ccc(C(=O)O)cc2C(=O)N2CCc3ccccc3C2)c(C)c1/C=C/C(=O)OC(C)(C)C. The van der Waals surface area contributed by atoms with Gasteiger partial charge in [-0.15, -0.1) is 0 Å². The van der Waals surface area contributed by atoms with Crippen molar-refractivity contribution in [3.8, 4) is 5.69 Å².